The van der Waals surface area contributed by atoms with E-state index < -0.39 is 5.97 Å². The SMILES string of the molecule is CCCCC/C=C/CC/C=C/C1OC1C/C=C/CCCC(=O)O. The van der Waals surface area contributed by atoms with Crippen molar-refractivity contribution in [2.45, 2.75) is 83.3 Å². The van der Waals surface area contributed by atoms with Gasteiger partial charge in [0, 0.05) is 6.42 Å². The molecule has 130 valence electrons. The predicted octanol–water partition coefficient (Wildman–Crippen LogP) is 5.43. The van der Waals surface area contributed by atoms with Gasteiger partial charge in [-0.05, 0) is 44.9 Å². The van der Waals surface area contributed by atoms with Gasteiger partial charge < -0.3 is 9.84 Å². The summed E-state index contributed by atoms with van der Waals surface area (Å²) in [6, 6.07) is 0. The van der Waals surface area contributed by atoms with Crippen molar-refractivity contribution < 1.29 is 14.6 Å². The van der Waals surface area contributed by atoms with Crippen LogP contribution in [0.15, 0.2) is 36.5 Å². The molecule has 3 heteroatoms. The highest BCUT2D eigenvalue weighted by molar-refractivity contribution is 5.66. The fraction of sp³-hybridized carbons (Fsp3) is 0.650. The van der Waals surface area contributed by atoms with E-state index in [0.29, 0.717) is 12.5 Å². The van der Waals surface area contributed by atoms with Crippen molar-refractivity contribution in [3.63, 3.8) is 0 Å². The van der Waals surface area contributed by atoms with E-state index in [1.807, 2.05) is 0 Å². The topological polar surface area (TPSA) is 49.8 Å². The van der Waals surface area contributed by atoms with E-state index in [0.717, 1.165) is 25.7 Å². The number of epoxide rings is 1. The predicted molar refractivity (Wildman–Crippen MR) is 95.6 cm³/mol. The molecule has 0 aromatic carbocycles. The third kappa shape index (κ3) is 11.8. The van der Waals surface area contributed by atoms with Crippen LogP contribution in [0.4, 0.5) is 0 Å². The summed E-state index contributed by atoms with van der Waals surface area (Å²) in [4.78, 5) is 10.4. The van der Waals surface area contributed by atoms with Crippen LogP contribution < -0.4 is 0 Å². The lowest BCUT2D eigenvalue weighted by Gasteiger charge is -1.91. The van der Waals surface area contributed by atoms with Crippen LogP contribution >= 0.6 is 0 Å². The molecular formula is C20H32O3. The van der Waals surface area contributed by atoms with Gasteiger partial charge in [-0.2, -0.15) is 0 Å². The fourth-order valence-electron chi connectivity index (χ4n) is 2.41. The molecule has 1 N–H and O–H groups in total. The molecule has 0 bridgehead atoms. The Bertz CT molecular complexity index is 396. The normalized spacial score (nSPS) is 20.9. The first-order chi connectivity index (χ1) is 11.2. The molecule has 0 radical (unpaired) electrons. The molecule has 0 aliphatic carbocycles. The van der Waals surface area contributed by atoms with Gasteiger partial charge in [-0.25, -0.2) is 0 Å². The van der Waals surface area contributed by atoms with E-state index in [4.69, 9.17) is 9.84 Å². The minimum absolute atomic E-state index is 0.253. The summed E-state index contributed by atoms with van der Waals surface area (Å²) in [7, 11) is 0. The van der Waals surface area contributed by atoms with Crippen molar-refractivity contribution in [3.8, 4) is 0 Å². The molecule has 3 nitrogen and oxygen atoms in total. The van der Waals surface area contributed by atoms with Crippen LogP contribution in [0.2, 0.25) is 0 Å². The van der Waals surface area contributed by atoms with Crippen molar-refractivity contribution in [1.29, 1.82) is 0 Å². The lowest BCUT2D eigenvalue weighted by atomic mass is 10.1. The number of allylic oxidation sites excluding steroid dienone is 4. The number of unbranched alkanes of at least 4 members (excludes halogenated alkanes) is 5. The van der Waals surface area contributed by atoms with Gasteiger partial charge in [0.1, 0.15) is 6.10 Å². The molecule has 0 saturated carbocycles. The molecule has 1 aliphatic heterocycles. The number of rotatable bonds is 14. The van der Waals surface area contributed by atoms with Crippen LogP contribution in [0.25, 0.3) is 0 Å². The number of carboxylic acids is 1. The monoisotopic (exact) mass is 320 g/mol. The minimum atomic E-state index is -0.718. The average Bonchev–Trinajstić information content (AvgIpc) is 3.27. The smallest absolute Gasteiger partial charge is 0.303 e. The third-order valence-electron chi connectivity index (χ3n) is 3.89. The van der Waals surface area contributed by atoms with Gasteiger partial charge in [-0.15, -0.1) is 0 Å². The molecular weight excluding hydrogens is 288 g/mol. The summed E-state index contributed by atoms with van der Waals surface area (Å²) >= 11 is 0. The van der Waals surface area contributed by atoms with E-state index in [-0.39, 0.29) is 12.5 Å². The average molecular weight is 320 g/mol. The summed E-state index contributed by atoms with van der Waals surface area (Å²) in [5.41, 5.74) is 0. The molecule has 0 aromatic rings. The Labute approximate surface area is 141 Å². The number of hydrogen-bond donors (Lipinski definition) is 1. The molecule has 1 fully saturated rings. The van der Waals surface area contributed by atoms with Crippen LogP contribution in [0, 0.1) is 0 Å². The van der Waals surface area contributed by atoms with E-state index in [2.05, 4.69) is 43.4 Å². The number of hydrogen-bond acceptors (Lipinski definition) is 2. The fourth-order valence-corrected chi connectivity index (χ4v) is 2.41. The molecule has 1 saturated heterocycles. The zero-order valence-corrected chi connectivity index (χ0v) is 14.5. The van der Waals surface area contributed by atoms with Gasteiger partial charge in [-0.1, -0.05) is 56.2 Å². The van der Waals surface area contributed by atoms with Gasteiger partial charge in [-0.3, -0.25) is 4.79 Å². The van der Waals surface area contributed by atoms with Crippen LogP contribution in [-0.2, 0) is 9.53 Å². The summed E-state index contributed by atoms with van der Waals surface area (Å²) in [6.45, 7) is 2.23. The van der Waals surface area contributed by atoms with Gasteiger partial charge in [0.15, 0.2) is 0 Å². The van der Waals surface area contributed by atoms with Gasteiger partial charge >= 0.3 is 5.97 Å². The number of carbonyl (C=O) groups is 1. The number of aliphatic carboxylic acids is 1. The van der Waals surface area contributed by atoms with Crippen LogP contribution in [0.3, 0.4) is 0 Å². The number of carboxylic acid groups (broad SMARTS) is 1. The Kier molecular flexibility index (Phi) is 11.2. The third-order valence-corrected chi connectivity index (χ3v) is 3.89. The summed E-state index contributed by atoms with van der Waals surface area (Å²) < 4.78 is 5.58. The highest BCUT2D eigenvalue weighted by Crippen LogP contribution is 2.27. The lowest BCUT2D eigenvalue weighted by molar-refractivity contribution is -0.137. The Hall–Kier alpha value is -1.35. The first-order valence-corrected chi connectivity index (χ1v) is 9.08. The van der Waals surface area contributed by atoms with Gasteiger partial charge in [0.2, 0.25) is 0 Å². The van der Waals surface area contributed by atoms with Crippen molar-refractivity contribution in [2.75, 3.05) is 0 Å². The number of ether oxygens (including phenoxy) is 1. The first kappa shape index (κ1) is 19.7. The Morgan fingerprint density at radius 3 is 2.43 bits per heavy atom. The Morgan fingerprint density at radius 1 is 0.957 bits per heavy atom. The maximum absolute atomic E-state index is 10.4. The molecule has 0 aromatic heterocycles. The summed E-state index contributed by atoms with van der Waals surface area (Å²) in [5.74, 6) is -0.718. The maximum Gasteiger partial charge on any atom is 0.303 e. The quantitative estimate of drug-likeness (QED) is 0.264. The second-order valence-corrected chi connectivity index (χ2v) is 6.10. The molecule has 1 heterocycles. The van der Waals surface area contributed by atoms with Crippen LogP contribution in [-0.4, -0.2) is 23.3 Å². The zero-order chi connectivity index (χ0) is 16.8. The molecule has 2 unspecified atom stereocenters. The summed E-state index contributed by atoms with van der Waals surface area (Å²) in [6.07, 6.45) is 23.8. The second kappa shape index (κ2) is 13.1. The van der Waals surface area contributed by atoms with Gasteiger partial charge in [0.25, 0.3) is 0 Å². The molecule has 1 rings (SSSR count). The highest BCUT2D eigenvalue weighted by Gasteiger charge is 2.34. The van der Waals surface area contributed by atoms with E-state index in [1.165, 1.54) is 25.7 Å². The van der Waals surface area contributed by atoms with Crippen molar-refractivity contribution in [2.24, 2.45) is 0 Å². The van der Waals surface area contributed by atoms with Crippen molar-refractivity contribution >= 4 is 5.97 Å². The molecule has 1 aliphatic rings. The van der Waals surface area contributed by atoms with Crippen molar-refractivity contribution in [1.82, 2.24) is 0 Å². The zero-order valence-electron chi connectivity index (χ0n) is 14.5. The van der Waals surface area contributed by atoms with E-state index in [9.17, 15) is 4.79 Å². The van der Waals surface area contributed by atoms with Crippen LogP contribution in [0.1, 0.15) is 71.1 Å². The largest absolute Gasteiger partial charge is 0.481 e. The Morgan fingerprint density at radius 2 is 1.65 bits per heavy atom. The van der Waals surface area contributed by atoms with E-state index >= 15 is 0 Å². The van der Waals surface area contributed by atoms with Crippen LogP contribution in [0.5, 0.6) is 0 Å². The molecule has 0 amide bonds. The maximum atomic E-state index is 10.4. The molecule has 2 atom stereocenters. The highest BCUT2D eigenvalue weighted by atomic mass is 16.6. The minimum Gasteiger partial charge on any atom is -0.481 e. The lowest BCUT2D eigenvalue weighted by Crippen LogP contribution is -1.92. The molecule has 0 spiro atoms. The van der Waals surface area contributed by atoms with Crippen molar-refractivity contribution in [3.05, 3.63) is 36.5 Å². The second-order valence-electron chi connectivity index (χ2n) is 6.10. The first-order valence-electron chi connectivity index (χ1n) is 9.08. The Balaban J connectivity index is 1.93. The van der Waals surface area contributed by atoms with Gasteiger partial charge in [0.05, 0.1) is 6.10 Å². The van der Waals surface area contributed by atoms with E-state index in [1.54, 1.807) is 0 Å². The molecule has 23 heavy (non-hydrogen) atoms. The summed E-state index contributed by atoms with van der Waals surface area (Å²) in [5, 5.41) is 8.53. The standard InChI is InChI=1S/C20H32O3/c1-2-3-4-5-6-7-8-9-12-15-18-19(23-18)16-13-10-11-14-17-20(21)22/h6-7,10,12-13,15,18-19H,2-5,8-9,11,14,16-17H2,1H3,(H,21,22)/b7-6+,13-10+,15-12+.